The van der Waals surface area contributed by atoms with Crippen molar-refractivity contribution in [3.63, 3.8) is 0 Å². The van der Waals surface area contributed by atoms with E-state index in [1.165, 1.54) is 0 Å². The lowest BCUT2D eigenvalue weighted by atomic mass is 9.95. The molecule has 0 bridgehead atoms. The Balaban J connectivity index is 1.84. The third kappa shape index (κ3) is 3.19. The molecule has 0 aliphatic carbocycles. The van der Waals surface area contributed by atoms with Gasteiger partial charge in [-0.1, -0.05) is 0 Å². The number of hydrogen-bond acceptors (Lipinski definition) is 4. The minimum atomic E-state index is -2.80. The number of sulfone groups is 1. The molecule has 0 spiro atoms. The van der Waals surface area contributed by atoms with Gasteiger partial charge in [-0.3, -0.25) is 4.79 Å². The highest BCUT2D eigenvalue weighted by molar-refractivity contribution is 7.91. The van der Waals surface area contributed by atoms with Crippen LogP contribution in [0, 0.1) is 5.92 Å². The molecule has 1 N–H and O–H groups in total. The zero-order valence-corrected chi connectivity index (χ0v) is 10.7. The van der Waals surface area contributed by atoms with Gasteiger partial charge in [-0.25, -0.2) is 8.42 Å². The molecule has 2 aliphatic rings. The molecule has 0 amide bonds. The number of carboxylic acids is 1. The monoisotopic (exact) mass is 261 g/mol. The van der Waals surface area contributed by atoms with E-state index in [4.69, 9.17) is 5.11 Å². The van der Waals surface area contributed by atoms with Gasteiger partial charge in [-0.15, -0.1) is 0 Å². The van der Waals surface area contributed by atoms with Crippen molar-refractivity contribution in [2.45, 2.75) is 31.7 Å². The van der Waals surface area contributed by atoms with E-state index in [0.717, 1.165) is 13.1 Å². The van der Waals surface area contributed by atoms with Crippen LogP contribution in [0.4, 0.5) is 0 Å². The lowest BCUT2D eigenvalue weighted by Gasteiger charge is -2.38. The van der Waals surface area contributed by atoms with Crippen LogP contribution in [0.2, 0.25) is 0 Å². The second-order valence-electron chi connectivity index (χ2n) is 5.03. The van der Waals surface area contributed by atoms with Crippen molar-refractivity contribution in [1.29, 1.82) is 0 Å². The molecule has 6 heteroatoms. The minimum Gasteiger partial charge on any atom is -0.481 e. The van der Waals surface area contributed by atoms with Crippen molar-refractivity contribution in [3.8, 4) is 0 Å². The first-order valence-corrected chi connectivity index (χ1v) is 7.97. The van der Waals surface area contributed by atoms with Gasteiger partial charge in [-0.2, -0.15) is 0 Å². The van der Waals surface area contributed by atoms with Crippen LogP contribution in [-0.2, 0) is 14.6 Å². The van der Waals surface area contributed by atoms with Gasteiger partial charge >= 0.3 is 5.97 Å². The number of carboxylic acid groups (broad SMARTS) is 1. The highest BCUT2D eigenvalue weighted by Crippen LogP contribution is 2.24. The summed E-state index contributed by atoms with van der Waals surface area (Å²) in [5.41, 5.74) is 0. The van der Waals surface area contributed by atoms with Crippen molar-refractivity contribution in [1.82, 2.24) is 4.90 Å². The van der Waals surface area contributed by atoms with Gasteiger partial charge in [0.05, 0.1) is 17.4 Å². The molecule has 0 radical (unpaired) electrons. The fourth-order valence-electron chi connectivity index (χ4n) is 2.75. The zero-order chi connectivity index (χ0) is 12.5. The van der Waals surface area contributed by atoms with Gasteiger partial charge in [0.2, 0.25) is 0 Å². The number of aliphatic carboxylic acids is 1. The van der Waals surface area contributed by atoms with E-state index in [9.17, 15) is 13.2 Å². The van der Waals surface area contributed by atoms with Gasteiger partial charge in [0.1, 0.15) is 9.84 Å². The molecule has 98 valence electrons. The number of nitrogens with zero attached hydrogens (tertiary/aromatic N) is 1. The summed E-state index contributed by atoms with van der Waals surface area (Å²) in [6.45, 7) is 1.59. The van der Waals surface area contributed by atoms with E-state index in [1.807, 2.05) is 0 Å². The summed E-state index contributed by atoms with van der Waals surface area (Å²) in [7, 11) is -2.80. The Morgan fingerprint density at radius 3 is 2.06 bits per heavy atom. The Morgan fingerprint density at radius 2 is 1.59 bits per heavy atom. The normalized spacial score (nSPS) is 28.0. The summed E-state index contributed by atoms with van der Waals surface area (Å²) in [5.74, 6) is -0.331. The molecule has 2 heterocycles. The summed E-state index contributed by atoms with van der Waals surface area (Å²) < 4.78 is 22.6. The third-order valence-corrected chi connectivity index (χ3v) is 5.63. The van der Waals surface area contributed by atoms with Crippen molar-refractivity contribution in [3.05, 3.63) is 0 Å². The molecule has 2 aliphatic heterocycles. The third-order valence-electron chi connectivity index (χ3n) is 3.92. The maximum atomic E-state index is 11.3. The largest absolute Gasteiger partial charge is 0.481 e. The first-order valence-electron chi connectivity index (χ1n) is 6.15. The highest BCUT2D eigenvalue weighted by atomic mass is 32.2. The number of likely N-dealkylation sites (tertiary alicyclic amines) is 1. The fraction of sp³-hybridized carbons (Fsp3) is 0.909. The van der Waals surface area contributed by atoms with Gasteiger partial charge < -0.3 is 10.0 Å². The fourth-order valence-corrected chi connectivity index (χ4v) is 4.22. The van der Waals surface area contributed by atoms with Crippen molar-refractivity contribution >= 4 is 15.8 Å². The van der Waals surface area contributed by atoms with Crippen LogP contribution in [0.5, 0.6) is 0 Å². The SMILES string of the molecule is O=C(O)C1CCN(C2CCS(=O)(=O)CC2)CC1. The van der Waals surface area contributed by atoms with E-state index in [2.05, 4.69) is 4.90 Å². The molecule has 2 saturated heterocycles. The minimum absolute atomic E-state index is 0.210. The summed E-state index contributed by atoms with van der Waals surface area (Å²) in [6, 6.07) is 0.341. The van der Waals surface area contributed by atoms with Gasteiger partial charge in [0.25, 0.3) is 0 Å². The molecule has 2 fully saturated rings. The Morgan fingerprint density at radius 1 is 1.06 bits per heavy atom. The topological polar surface area (TPSA) is 74.7 Å². The van der Waals surface area contributed by atoms with E-state index in [0.29, 0.717) is 31.7 Å². The lowest BCUT2D eigenvalue weighted by molar-refractivity contribution is -0.143. The summed E-state index contributed by atoms with van der Waals surface area (Å²) in [6.07, 6.45) is 2.80. The summed E-state index contributed by atoms with van der Waals surface area (Å²) in [4.78, 5) is 13.1. The molecule has 2 rings (SSSR count). The summed E-state index contributed by atoms with van der Waals surface area (Å²) in [5, 5.41) is 8.91. The van der Waals surface area contributed by atoms with Crippen LogP contribution in [-0.4, -0.2) is 55.0 Å². The molecular weight excluding hydrogens is 242 g/mol. The standard InChI is InChI=1S/C11H19NO4S/c13-11(14)9-1-5-12(6-2-9)10-3-7-17(15,16)8-4-10/h9-10H,1-8H2,(H,13,14). The second-order valence-corrected chi connectivity index (χ2v) is 7.34. The second kappa shape index (κ2) is 4.94. The van der Waals surface area contributed by atoms with Crippen molar-refractivity contribution < 1.29 is 18.3 Å². The smallest absolute Gasteiger partial charge is 0.306 e. The maximum Gasteiger partial charge on any atom is 0.306 e. The van der Waals surface area contributed by atoms with Crippen LogP contribution < -0.4 is 0 Å². The maximum absolute atomic E-state index is 11.3. The Labute approximate surface area is 102 Å². The average Bonchev–Trinajstić information content (AvgIpc) is 2.29. The molecule has 0 unspecified atom stereocenters. The molecule has 0 aromatic rings. The van der Waals surface area contributed by atoms with Crippen LogP contribution in [0.15, 0.2) is 0 Å². The number of hydrogen-bond donors (Lipinski definition) is 1. The average molecular weight is 261 g/mol. The highest BCUT2D eigenvalue weighted by Gasteiger charge is 2.32. The van der Waals surface area contributed by atoms with E-state index in [1.54, 1.807) is 0 Å². The van der Waals surface area contributed by atoms with Crippen LogP contribution in [0.1, 0.15) is 25.7 Å². The Bertz CT molecular complexity index is 370. The Hall–Kier alpha value is -0.620. The first kappa shape index (κ1) is 12.8. The Kier molecular flexibility index (Phi) is 3.73. The van der Waals surface area contributed by atoms with E-state index in [-0.39, 0.29) is 17.4 Å². The summed E-state index contributed by atoms with van der Waals surface area (Å²) >= 11 is 0. The first-order chi connectivity index (χ1) is 7.98. The van der Waals surface area contributed by atoms with Crippen LogP contribution in [0.3, 0.4) is 0 Å². The molecule has 0 aromatic carbocycles. The zero-order valence-electron chi connectivity index (χ0n) is 9.84. The van der Waals surface area contributed by atoms with Crippen LogP contribution in [0.25, 0.3) is 0 Å². The van der Waals surface area contributed by atoms with E-state index < -0.39 is 15.8 Å². The predicted molar refractivity (Wildman–Crippen MR) is 63.6 cm³/mol. The van der Waals surface area contributed by atoms with Gasteiger partial charge in [0.15, 0.2) is 0 Å². The van der Waals surface area contributed by atoms with E-state index >= 15 is 0 Å². The quantitative estimate of drug-likeness (QED) is 0.777. The lowest BCUT2D eigenvalue weighted by Crippen LogP contribution is -2.46. The molecule has 0 aromatic heterocycles. The van der Waals surface area contributed by atoms with Gasteiger partial charge in [0, 0.05) is 6.04 Å². The van der Waals surface area contributed by atoms with Crippen molar-refractivity contribution in [2.75, 3.05) is 24.6 Å². The van der Waals surface area contributed by atoms with Crippen molar-refractivity contribution in [2.24, 2.45) is 5.92 Å². The molecule has 0 atom stereocenters. The number of rotatable bonds is 2. The molecule has 5 nitrogen and oxygen atoms in total. The molecule has 17 heavy (non-hydrogen) atoms. The predicted octanol–water partition coefficient (Wildman–Crippen LogP) is 0.360. The molecular formula is C11H19NO4S. The molecule has 0 saturated carbocycles. The number of piperidine rings is 1. The van der Waals surface area contributed by atoms with Gasteiger partial charge in [-0.05, 0) is 38.8 Å². The van der Waals surface area contributed by atoms with Crippen LogP contribution >= 0.6 is 0 Å². The number of carbonyl (C=O) groups is 1.